The molecule has 11 nitrogen and oxygen atoms in total. The van der Waals surface area contributed by atoms with E-state index in [0.29, 0.717) is 11.0 Å². The van der Waals surface area contributed by atoms with Gasteiger partial charge in [-0.1, -0.05) is 37.6 Å². The minimum atomic E-state index is 0.250. The van der Waals surface area contributed by atoms with E-state index < -0.39 is 0 Å². The summed E-state index contributed by atoms with van der Waals surface area (Å²) >= 11 is 5.56. The maximum absolute atomic E-state index is 8.12. The predicted molar refractivity (Wildman–Crippen MR) is 118 cm³/mol. The standard InChI is InChI=1S/C7H8ClN.C7H11N3.C4H8O.2CO2.H4N2/c1-2-6-3-4-7(8)9-5-6;1-2-6-3-4-7(10-8)9-5-6;1-2-4-5-3-1;2*2-1-3;1-2/h3-5H,2H2,1H3;3-5H,2,8H2,1H3,(H,9,10);1-4H2;;;1-2H2. The highest BCUT2D eigenvalue weighted by atomic mass is 35.5. The second kappa shape index (κ2) is 28.0. The maximum atomic E-state index is 8.12. The van der Waals surface area contributed by atoms with Crippen molar-refractivity contribution in [3.63, 3.8) is 0 Å². The molecule has 0 amide bonds. The highest BCUT2D eigenvalue weighted by Gasteiger charge is 1.94. The van der Waals surface area contributed by atoms with E-state index in [4.69, 9.17) is 41.4 Å². The molecule has 1 aliphatic rings. The third-order valence-corrected chi connectivity index (χ3v) is 3.63. The highest BCUT2D eigenvalue weighted by Crippen LogP contribution is 2.05. The average molecular weight is 471 g/mol. The van der Waals surface area contributed by atoms with E-state index in [0.717, 1.165) is 26.1 Å². The number of hydrogen-bond acceptors (Lipinski definition) is 11. The van der Waals surface area contributed by atoms with Crippen LogP contribution in [0.15, 0.2) is 36.7 Å². The molecule has 1 saturated heterocycles. The van der Waals surface area contributed by atoms with E-state index in [1.807, 2.05) is 24.4 Å². The van der Waals surface area contributed by atoms with E-state index in [9.17, 15) is 0 Å². The van der Waals surface area contributed by atoms with E-state index in [2.05, 4.69) is 40.9 Å². The Morgan fingerprint density at radius 2 is 1.34 bits per heavy atom. The molecule has 1 aliphatic heterocycles. The van der Waals surface area contributed by atoms with Crippen molar-refractivity contribution < 1.29 is 23.9 Å². The quantitative estimate of drug-likeness (QED) is 0.289. The fourth-order valence-corrected chi connectivity index (χ4v) is 1.96. The zero-order chi connectivity index (χ0) is 25.0. The van der Waals surface area contributed by atoms with Gasteiger partial charge >= 0.3 is 12.3 Å². The molecule has 2 aromatic heterocycles. The van der Waals surface area contributed by atoms with Gasteiger partial charge in [0, 0.05) is 25.6 Å². The number of aromatic nitrogens is 2. The Labute approximate surface area is 192 Å². The first-order valence-electron chi connectivity index (χ1n) is 9.44. The zero-order valence-electron chi connectivity index (χ0n) is 18.3. The number of aryl methyl sites for hydroxylation is 2. The summed E-state index contributed by atoms with van der Waals surface area (Å²) in [7, 11) is 0. The normalized spacial score (nSPS) is 10.1. The van der Waals surface area contributed by atoms with Crippen LogP contribution in [0.1, 0.15) is 37.8 Å². The highest BCUT2D eigenvalue weighted by molar-refractivity contribution is 6.29. The monoisotopic (exact) mass is 470 g/mol. The van der Waals surface area contributed by atoms with Crippen molar-refractivity contribution in [2.24, 2.45) is 17.5 Å². The number of nitrogens with two attached hydrogens (primary N) is 3. The van der Waals surface area contributed by atoms with Gasteiger partial charge in [0.05, 0.1) is 0 Å². The molecule has 1 fully saturated rings. The number of hydrazine groups is 2. The molecule has 3 rings (SSSR count). The minimum Gasteiger partial charge on any atom is -0.381 e. The molecule has 0 radical (unpaired) electrons. The van der Waals surface area contributed by atoms with E-state index in [1.54, 1.807) is 12.3 Å². The number of pyridine rings is 2. The topological polar surface area (TPSA) is 193 Å². The summed E-state index contributed by atoms with van der Waals surface area (Å²) in [5.74, 6) is 13.8. The van der Waals surface area contributed by atoms with Gasteiger partial charge in [0.15, 0.2) is 0 Å². The number of nitrogens with one attached hydrogen (secondary N) is 1. The molecule has 0 aliphatic carbocycles. The molecule has 178 valence electrons. The van der Waals surface area contributed by atoms with Gasteiger partial charge < -0.3 is 10.2 Å². The summed E-state index contributed by atoms with van der Waals surface area (Å²) in [6.07, 6.45) is 8.69. The number of rotatable bonds is 3. The second-order valence-electron chi connectivity index (χ2n) is 5.38. The molecule has 0 spiro atoms. The summed E-state index contributed by atoms with van der Waals surface area (Å²) < 4.78 is 4.94. The van der Waals surface area contributed by atoms with Crippen molar-refractivity contribution in [3.8, 4) is 0 Å². The van der Waals surface area contributed by atoms with Crippen molar-refractivity contribution in [2.75, 3.05) is 18.6 Å². The van der Waals surface area contributed by atoms with Crippen molar-refractivity contribution in [1.82, 2.24) is 9.97 Å². The van der Waals surface area contributed by atoms with Crippen LogP contribution in [0.3, 0.4) is 0 Å². The summed E-state index contributed by atoms with van der Waals surface area (Å²) in [6.45, 7) is 6.18. The molecular weight excluding hydrogens is 440 g/mol. The molecule has 7 N–H and O–H groups in total. The number of ether oxygens (including phenoxy) is 1. The molecule has 3 heterocycles. The lowest BCUT2D eigenvalue weighted by atomic mass is 10.2. The fraction of sp³-hybridized carbons (Fsp3) is 0.400. The van der Waals surface area contributed by atoms with Crippen LogP contribution >= 0.6 is 11.6 Å². The Morgan fingerprint density at radius 1 is 0.906 bits per heavy atom. The number of carbonyl (C=O) groups excluding carboxylic acids is 4. The third kappa shape index (κ3) is 23.3. The Morgan fingerprint density at radius 3 is 1.59 bits per heavy atom. The Hall–Kier alpha value is -3.01. The number of anilines is 1. The van der Waals surface area contributed by atoms with Gasteiger partial charge in [-0.2, -0.15) is 19.2 Å². The first-order chi connectivity index (χ1) is 15.5. The minimum absolute atomic E-state index is 0.250. The first kappa shape index (κ1) is 33.6. The fourth-order valence-electron chi connectivity index (χ4n) is 1.84. The van der Waals surface area contributed by atoms with Crippen molar-refractivity contribution in [3.05, 3.63) is 52.9 Å². The Balaban J connectivity index is -0.000000349. The van der Waals surface area contributed by atoms with Gasteiger partial charge in [0.1, 0.15) is 11.0 Å². The van der Waals surface area contributed by atoms with Crippen LogP contribution in [0.5, 0.6) is 0 Å². The second-order valence-corrected chi connectivity index (χ2v) is 5.77. The molecule has 0 bridgehead atoms. The molecule has 0 unspecified atom stereocenters. The summed E-state index contributed by atoms with van der Waals surface area (Å²) in [5.41, 5.74) is 4.91. The number of halogens is 1. The van der Waals surface area contributed by atoms with Gasteiger partial charge in [-0.15, -0.1) is 0 Å². The maximum Gasteiger partial charge on any atom is 0.373 e. The van der Waals surface area contributed by atoms with E-state index >= 15 is 0 Å². The van der Waals surface area contributed by atoms with Crippen LogP contribution in [0.4, 0.5) is 5.82 Å². The van der Waals surface area contributed by atoms with Crippen molar-refractivity contribution in [2.45, 2.75) is 39.5 Å². The van der Waals surface area contributed by atoms with Crippen LogP contribution < -0.4 is 23.0 Å². The molecule has 12 heteroatoms. The molecule has 32 heavy (non-hydrogen) atoms. The molecular formula is C20H31ClN6O5. The van der Waals surface area contributed by atoms with Gasteiger partial charge in [-0.05, 0) is 48.9 Å². The smallest absolute Gasteiger partial charge is 0.373 e. The lowest BCUT2D eigenvalue weighted by Crippen LogP contribution is -2.08. The molecule has 0 saturated carbocycles. The number of nitrogens with zero attached hydrogens (tertiary/aromatic N) is 2. The summed E-state index contributed by atoms with van der Waals surface area (Å²) in [6, 6.07) is 7.65. The lowest BCUT2D eigenvalue weighted by Gasteiger charge is -1.98. The third-order valence-electron chi connectivity index (χ3n) is 3.41. The predicted octanol–water partition coefficient (Wildman–Crippen LogP) is 1.68. The van der Waals surface area contributed by atoms with Crippen LogP contribution in [-0.4, -0.2) is 35.5 Å². The van der Waals surface area contributed by atoms with E-state index in [-0.39, 0.29) is 12.3 Å². The van der Waals surface area contributed by atoms with Crippen molar-refractivity contribution >= 4 is 29.7 Å². The molecule has 0 atom stereocenters. The number of nitrogen functional groups attached to an aromatic ring is 1. The van der Waals surface area contributed by atoms with Gasteiger partial charge in [0.2, 0.25) is 0 Å². The lowest BCUT2D eigenvalue weighted by molar-refractivity contribution is -0.193. The Bertz CT molecular complexity index is 674. The van der Waals surface area contributed by atoms with Crippen molar-refractivity contribution in [1.29, 1.82) is 0 Å². The Kier molecular flexibility index (Phi) is 29.4. The summed E-state index contributed by atoms with van der Waals surface area (Å²) in [4.78, 5) is 40.4. The van der Waals surface area contributed by atoms with Gasteiger partial charge in [0.25, 0.3) is 0 Å². The van der Waals surface area contributed by atoms with E-state index in [1.165, 1.54) is 24.0 Å². The largest absolute Gasteiger partial charge is 0.381 e. The average Bonchev–Trinajstić information content (AvgIpc) is 3.43. The summed E-state index contributed by atoms with van der Waals surface area (Å²) in [5, 5.41) is 0.562. The van der Waals surface area contributed by atoms with Crippen LogP contribution in [0, 0.1) is 0 Å². The van der Waals surface area contributed by atoms with Gasteiger partial charge in [-0.3, -0.25) is 11.7 Å². The SMILES string of the molecule is C1CCOC1.CCc1ccc(Cl)nc1.CCc1ccc(NN)nc1.NN.O=C=O.O=C=O. The van der Waals surface area contributed by atoms with Gasteiger partial charge in [-0.25, -0.2) is 15.8 Å². The molecule has 0 aromatic carbocycles. The number of hydrogen-bond donors (Lipinski definition) is 4. The first-order valence-corrected chi connectivity index (χ1v) is 9.82. The van der Waals surface area contributed by atoms with Crippen LogP contribution in [-0.2, 0) is 36.8 Å². The zero-order valence-corrected chi connectivity index (χ0v) is 19.0. The molecule has 2 aromatic rings. The van der Waals surface area contributed by atoms with Crippen LogP contribution in [0.25, 0.3) is 0 Å². The van der Waals surface area contributed by atoms with Crippen LogP contribution in [0.2, 0.25) is 5.15 Å².